The summed E-state index contributed by atoms with van der Waals surface area (Å²) in [6, 6.07) is 4.66. The molecular weight excluding hydrogens is 164 g/mol. The minimum Gasteiger partial charge on any atom is -0.468 e. The van der Waals surface area contributed by atoms with Crippen LogP contribution in [0.15, 0.2) is 22.8 Å². The number of likely N-dealkylation sites (tertiary alicyclic amines) is 1. The maximum Gasteiger partial charge on any atom is 0.120 e. The third kappa shape index (κ3) is 1.76. The third-order valence-corrected chi connectivity index (χ3v) is 2.76. The molecule has 72 valence electrons. The SMILES string of the molecule is C[C@H](c1ccco1)N1CC[C@@H](N)C1. The van der Waals surface area contributed by atoms with Crippen LogP contribution >= 0.6 is 0 Å². The second-order valence-corrected chi connectivity index (χ2v) is 3.74. The molecule has 1 aliphatic rings. The molecule has 3 heteroatoms. The Morgan fingerprint density at radius 3 is 3.08 bits per heavy atom. The van der Waals surface area contributed by atoms with Gasteiger partial charge in [-0.05, 0) is 25.5 Å². The molecule has 0 aliphatic carbocycles. The van der Waals surface area contributed by atoms with E-state index in [4.69, 9.17) is 10.2 Å². The highest BCUT2D eigenvalue weighted by Crippen LogP contribution is 2.23. The molecule has 1 aromatic rings. The number of rotatable bonds is 2. The zero-order chi connectivity index (χ0) is 9.26. The normalized spacial score (nSPS) is 26.5. The first-order valence-electron chi connectivity index (χ1n) is 4.80. The van der Waals surface area contributed by atoms with Crippen LogP contribution in [-0.4, -0.2) is 24.0 Å². The summed E-state index contributed by atoms with van der Waals surface area (Å²) in [6.07, 6.45) is 2.83. The molecule has 0 spiro atoms. The van der Waals surface area contributed by atoms with Crippen molar-refractivity contribution >= 4 is 0 Å². The molecule has 1 saturated heterocycles. The molecule has 2 rings (SSSR count). The standard InChI is InChI=1S/C10H16N2O/c1-8(10-3-2-6-13-10)12-5-4-9(11)7-12/h2-3,6,8-9H,4-5,7,11H2,1H3/t8-,9-/m1/s1. The number of hydrogen-bond acceptors (Lipinski definition) is 3. The van der Waals surface area contributed by atoms with Crippen LogP contribution in [0.25, 0.3) is 0 Å². The molecule has 0 amide bonds. The van der Waals surface area contributed by atoms with E-state index in [2.05, 4.69) is 11.8 Å². The Bertz CT molecular complexity index is 258. The summed E-state index contributed by atoms with van der Waals surface area (Å²) < 4.78 is 5.36. The Hall–Kier alpha value is -0.800. The lowest BCUT2D eigenvalue weighted by Crippen LogP contribution is -2.28. The number of hydrogen-bond donors (Lipinski definition) is 1. The Morgan fingerprint density at radius 2 is 2.54 bits per heavy atom. The van der Waals surface area contributed by atoms with Crippen LogP contribution < -0.4 is 5.73 Å². The van der Waals surface area contributed by atoms with Crippen LogP contribution in [0.1, 0.15) is 25.1 Å². The van der Waals surface area contributed by atoms with Gasteiger partial charge in [0.1, 0.15) is 5.76 Å². The molecule has 0 bridgehead atoms. The van der Waals surface area contributed by atoms with Gasteiger partial charge in [0.25, 0.3) is 0 Å². The summed E-state index contributed by atoms with van der Waals surface area (Å²) in [5, 5.41) is 0. The summed E-state index contributed by atoms with van der Waals surface area (Å²) in [4.78, 5) is 2.36. The summed E-state index contributed by atoms with van der Waals surface area (Å²) in [6.45, 7) is 4.24. The van der Waals surface area contributed by atoms with E-state index in [1.807, 2.05) is 12.1 Å². The molecule has 2 N–H and O–H groups in total. The van der Waals surface area contributed by atoms with Crippen LogP contribution in [-0.2, 0) is 0 Å². The lowest BCUT2D eigenvalue weighted by molar-refractivity contribution is 0.229. The Balaban J connectivity index is 2.02. The lowest BCUT2D eigenvalue weighted by Gasteiger charge is -2.21. The topological polar surface area (TPSA) is 42.4 Å². The van der Waals surface area contributed by atoms with Crippen LogP contribution in [0, 0.1) is 0 Å². The fraction of sp³-hybridized carbons (Fsp3) is 0.600. The predicted octanol–water partition coefficient (Wildman–Crippen LogP) is 1.37. The average molecular weight is 180 g/mol. The molecule has 1 aliphatic heterocycles. The molecule has 0 unspecified atom stereocenters. The predicted molar refractivity (Wildman–Crippen MR) is 51.3 cm³/mol. The van der Waals surface area contributed by atoms with Gasteiger partial charge in [0, 0.05) is 19.1 Å². The van der Waals surface area contributed by atoms with Gasteiger partial charge in [-0.1, -0.05) is 0 Å². The first-order valence-corrected chi connectivity index (χ1v) is 4.80. The molecule has 3 nitrogen and oxygen atoms in total. The van der Waals surface area contributed by atoms with E-state index in [0.29, 0.717) is 12.1 Å². The molecule has 1 fully saturated rings. The highest BCUT2D eigenvalue weighted by molar-refractivity contribution is 5.04. The van der Waals surface area contributed by atoms with E-state index in [1.165, 1.54) is 0 Å². The fourth-order valence-electron chi connectivity index (χ4n) is 1.88. The second kappa shape index (κ2) is 3.52. The maximum absolute atomic E-state index is 5.84. The van der Waals surface area contributed by atoms with Gasteiger partial charge in [-0.2, -0.15) is 0 Å². The highest BCUT2D eigenvalue weighted by atomic mass is 16.3. The number of furan rings is 1. The van der Waals surface area contributed by atoms with Crippen LogP contribution in [0.5, 0.6) is 0 Å². The molecule has 0 aromatic carbocycles. The van der Waals surface area contributed by atoms with Crippen molar-refractivity contribution in [2.45, 2.75) is 25.4 Å². The van der Waals surface area contributed by atoms with Gasteiger partial charge in [0.2, 0.25) is 0 Å². The minimum atomic E-state index is 0.345. The number of nitrogens with zero attached hydrogens (tertiary/aromatic N) is 1. The molecule has 0 saturated carbocycles. The Labute approximate surface area is 78.5 Å². The number of nitrogens with two attached hydrogens (primary N) is 1. The van der Waals surface area contributed by atoms with E-state index >= 15 is 0 Å². The zero-order valence-corrected chi connectivity index (χ0v) is 7.94. The summed E-state index contributed by atoms with van der Waals surface area (Å²) in [5.74, 6) is 1.04. The molecule has 1 aromatic heterocycles. The van der Waals surface area contributed by atoms with Crippen LogP contribution in [0.2, 0.25) is 0 Å². The van der Waals surface area contributed by atoms with Crippen molar-refractivity contribution in [2.24, 2.45) is 5.73 Å². The Kier molecular flexibility index (Phi) is 2.38. The summed E-state index contributed by atoms with van der Waals surface area (Å²) in [5.41, 5.74) is 5.84. The molecule has 2 heterocycles. The molecule has 0 radical (unpaired) electrons. The summed E-state index contributed by atoms with van der Waals surface area (Å²) in [7, 11) is 0. The second-order valence-electron chi connectivity index (χ2n) is 3.74. The molecule has 2 atom stereocenters. The van der Waals surface area contributed by atoms with E-state index in [9.17, 15) is 0 Å². The zero-order valence-electron chi connectivity index (χ0n) is 7.94. The van der Waals surface area contributed by atoms with Crippen molar-refractivity contribution in [3.63, 3.8) is 0 Å². The van der Waals surface area contributed by atoms with E-state index in [0.717, 1.165) is 25.3 Å². The van der Waals surface area contributed by atoms with Gasteiger partial charge in [-0.3, -0.25) is 4.90 Å². The minimum absolute atomic E-state index is 0.345. The largest absolute Gasteiger partial charge is 0.468 e. The van der Waals surface area contributed by atoms with Crippen molar-refractivity contribution in [1.29, 1.82) is 0 Å². The van der Waals surface area contributed by atoms with Gasteiger partial charge in [0.15, 0.2) is 0 Å². The van der Waals surface area contributed by atoms with Crippen LogP contribution in [0.4, 0.5) is 0 Å². The van der Waals surface area contributed by atoms with Crippen molar-refractivity contribution in [3.8, 4) is 0 Å². The first-order chi connectivity index (χ1) is 6.27. The molecular formula is C10H16N2O. The van der Waals surface area contributed by atoms with Crippen molar-refractivity contribution in [3.05, 3.63) is 24.2 Å². The third-order valence-electron chi connectivity index (χ3n) is 2.76. The smallest absolute Gasteiger partial charge is 0.120 e. The molecule has 13 heavy (non-hydrogen) atoms. The van der Waals surface area contributed by atoms with Gasteiger partial charge in [-0.25, -0.2) is 0 Å². The van der Waals surface area contributed by atoms with Crippen LogP contribution in [0.3, 0.4) is 0 Å². The van der Waals surface area contributed by atoms with Gasteiger partial charge in [-0.15, -0.1) is 0 Å². The van der Waals surface area contributed by atoms with Gasteiger partial charge in [0.05, 0.1) is 12.3 Å². The lowest BCUT2D eigenvalue weighted by atomic mass is 10.2. The van der Waals surface area contributed by atoms with Gasteiger partial charge >= 0.3 is 0 Å². The highest BCUT2D eigenvalue weighted by Gasteiger charge is 2.25. The van der Waals surface area contributed by atoms with Crippen molar-refractivity contribution in [1.82, 2.24) is 4.90 Å². The monoisotopic (exact) mass is 180 g/mol. The fourth-order valence-corrected chi connectivity index (χ4v) is 1.88. The van der Waals surface area contributed by atoms with E-state index in [-0.39, 0.29) is 0 Å². The maximum atomic E-state index is 5.84. The summed E-state index contributed by atoms with van der Waals surface area (Å²) >= 11 is 0. The quantitative estimate of drug-likeness (QED) is 0.747. The average Bonchev–Trinajstić information content (AvgIpc) is 2.72. The Morgan fingerprint density at radius 1 is 1.69 bits per heavy atom. The first kappa shape index (κ1) is 8.78. The van der Waals surface area contributed by atoms with Crippen molar-refractivity contribution in [2.75, 3.05) is 13.1 Å². The van der Waals surface area contributed by atoms with Crippen molar-refractivity contribution < 1.29 is 4.42 Å². The van der Waals surface area contributed by atoms with Gasteiger partial charge < -0.3 is 10.2 Å². The van der Waals surface area contributed by atoms with E-state index in [1.54, 1.807) is 6.26 Å². The van der Waals surface area contributed by atoms with E-state index < -0.39 is 0 Å².